The lowest BCUT2D eigenvalue weighted by atomic mass is 10.1. The predicted molar refractivity (Wildman–Crippen MR) is 97.9 cm³/mol. The van der Waals surface area contributed by atoms with Gasteiger partial charge in [-0.05, 0) is 24.5 Å². The standard InChI is InChI=1S/C21H25NO3/c1-2-25-21(24)15-16-22(17-19-11-7-4-8-12-19)20(23)14-13-18-9-5-3-6-10-18/h3-12H,2,13-17H2,1H3. The minimum Gasteiger partial charge on any atom is -0.466 e. The fourth-order valence-electron chi connectivity index (χ4n) is 2.61. The molecule has 0 spiro atoms. The quantitative estimate of drug-likeness (QED) is 0.656. The minimum absolute atomic E-state index is 0.0528. The van der Waals surface area contributed by atoms with Gasteiger partial charge in [-0.1, -0.05) is 60.7 Å². The molecule has 0 saturated carbocycles. The lowest BCUT2D eigenvalue weighted by Gasteiger charge is -2.22. The maximum atomic E-state index is 12.7. The van der Waals surface area contributed by atoms with Gasteiger partial charge < -0.3 is 9.64 Å². The van der Waals surface area contributed by atoms with Gasteiger partial charge in [-0.2, -0.15) is 0 Å². The average Bonchev–Trinajstić information content (AvgIpc) is 2.65. The van der Waals surface area contributed by atoms with Gasteiger partial charge in [0.15, 0.2) is 0 Å². The third-order valence-corrected chi connectivity index (χ3v) is 3.93. The fourth-order valence-corrected chi connectivity index (χ4v) is 2.61. The lowest BCUT2D eigenvalue weighted by molar-refractivity contribution is -0.144. The Labute approximate surface area is 149 Å². The van der Waals surface area contributed by atoms with Gasteiger partial charge in [0.25, 0.3) is 0 Å². The number of carbonyl (C=O) groups is 2. The lowest BCUT2D eigenvalue weighted by Crippen LogP contribution is -2.33. The summed E-state index contributed by atoms with van der Waals surface area (Å²) in [6.07, 6.45) is 1.35. The molecule has 2 aromatic carbocycles. The summed E-state index contributed by atoms with van der Waals surface area (Å²) in [5.41, 5.74) is 2.19. The smallest absolute Gasteiger partial charge is 0.307 e. The van der Waals surface area contributed by atoms with Crippen LogP contribution in [0.15, 0.2) is 60.7 Å². The topological polar surface area (TPSA) is 46.6 Å². The first-order valence-corrected chi connectivity index (χ1v) is 8.70. The van der Waals surface area contributed by atoms with E-state index in [1.807, 2.05) is 60.7 Å². The Bertz CT molecular complexity index is 655. The summed E-state index contributed by atoms with van der Waals surface area (Å²) >= 11 is 0. The molecule has 0 saturated heterocycles. The van der Waals surface area contributed by atoms with E-state index in [4.69, 9.17) is 4.74 Å². The number of aryl methyl sites for hydroxylation is 1. The largest absolute Gasteiger partial charge is 0.466 e. The van der Waals surface area contributed by atoms with E-state index in [9.17, 15) is 9.59 Å². The van der Waals surface area contributed by atoms with Crippen LogP contribution in [0.25, 0.3) is 0 Å². The zero-order valence-electron chi connectivity index (χ0n) is 14.7. The summed E-state index contributed by atoms with van der Waals surface area (Å²) in [5.74, 6) is -0.214. The molecular weight excluding hydrogens is 314 g/mol. The van der Waals surface area contributed by atoms with Crippen molar-refractivity contribution in [3.8, 4) is 0 Å². The van der Waals surface area contributed by atoms with Crippen molar-refractivity contribution in [2.75, 3.05) is 13.2 Å². The molecule has 0 aliphatic carbocycles. The third-order valence-electron chi connectivity index (χ3n) is 3.93. The molecule has 0 fully saturated rings. The third kappa shape index (κ3) is 6.79. The maximum Gasteiger partial charge on any atom is 0.307 e. The number of benzene rings is 2. The average molecular weight is 339 g/mol. The van der Waals surface area contributed by atoms with E-state index in [1.165, 1.54) is 0 Å². The highest BCUT2D eigenvalue weighted by molar-refractivity contribution is 5.77. The van der Waals surface area contributed by atoms with Gasteiger partial charge in [0, 0.05) is 19.5 Å². The monoisotopic (exact) mass is 339 g/mol. The van der Waals surface area contributed by atoms with Crippen LogP contribution < -0.4 is 0 Å². The zero-order valence-corrected chi connectivity index (χ0v) is 14.7. The van der Waals surface area contributed by atoms with Crippen LogP contribution in [0.3, 0.4) is 0 Å². The van der Waals surface area contributed by atoms with E-state index in [0.29, 0.717) is 32.5 Å². The van der Waals surface area contributed by atoms with Crippen LogP contribution in [-0.4, -0.2) is 29.9 Å². The Morgan fingerprint density at radius 3 is 2.08 bits per heavy atom. The molecule has 2 rings (SSSR count). The first-order valence-electron chi connectivity index (χ1n) is 8.70. The number of nitrogens with zero attached hydrogens (tertiary/aromatic N) is 1. The molecule has 4 heteroatoms. The normalized spacial score (nSPS) is 10.3. The molecule has 0 unspecified atom stereocenters. The van der Waals surface area contributed by atoms with Crippen molar-refractivity contribution in [2.45, 2.75) is 32.7 Å². The zero-order chi connectivity index (χ0) is 17.9. The SMILES string of the molecule is CCOC(=O)CCN(Cc1ccccc1)C(=O)CCc1ccccc1. The highest BCUT2D eigenvalue weighted by Crippen LogP contribution is 2.10. The van der Waals surface area contributed by atoms with Gasteiger partial charge in [0.05, 0.1) is 13.0 Å². The molecule has 0 aliphatic heterocycles. The second kappa shape index (κ2) is 10.3. The molecule has 0 aromatic heterocycles. The van der Waals surface area contributed by atoms with Crippen LogP contribution in [0.2, 0.25) is 0 Å². The molecule has 0 N–H and O–H groups in total. The molecule has 132 valence electrons. The van der Waals surface area contributed by atoms with Crippen molar-refractivity contribution in [2.24, 2.45) is 0 Å². The molecule has 4 nitrogen and oxygen atoms in total. The van der Waals surface area contributed by atoms with Crippen molar-refractivity contribution in [3.63, 3.8) is 0 Å². The molecule has 0 atom stereocenters. The molecule has 2 aromatic rings. The van der Waals surface area contributed by atoms with Gasteiger partial charge in [0.2, 0.25) is 5.91 Å². The van der Waals surface area contributed by atoms with Gasteiger partial charge in [-0.3, -0.25) is 9.59 Å². The Balaban J connectivity index is 1.96. The highest BCUT2D eigenvalue weighted by Gasteiger charge is 2.16. The number of ether oxygens (including phenoxy) is 1. The summed E-state index contributed by atoms with van der Waals surface area (Å²) in [6.45, 7) is 3.03. The summed E-state index contributed by atoms with van der Waals surface area (Å²) in [6, 6.07) is 19.8. The summed E-state index contributed by atoms with van der Waals surface area (Å²) in [7, 11) is 0. The van der Waals surface area contributed by atoms with E-state index in [0.717, 1.165) is 11.1 Å². The summed E-state index contributed by atoms with van der Waals surface area (Å²) in [5, 5.41) is 0. The molecule has 0 aliphatic rings. The van der Waals surface area contributed by atoms with Crippen molar-refractivity contribution in [1.29, 1.82) is 0 Å². The second-order valence-corrected chi connectivity index (χ2v) is 5.84. The second-order valence-electron chi connectivity index (χ2n) is 5.84. The van der Waals surface area contributed by atoms with Crippen LogP contribution in [0, 0.1) is 0 Å². The molecule has 1 amide bonds. The summed E-state index contributed by atoms with van der Waals surface area (Å²) < 4.78 is 4.97. The molecule has 25 heavy (non-hydrogen) atoms. The van der Waals surface area contributed by atoms with E-state index < -0.39 is 0 Å². The number of esters is 1. The van der Waals surface area contributed by atoms with Crippen LogP contribution in [0.4, 0.5) is 0 Å². The molecular formula is C21H25NO3. The maximum absolute atomic E-state index is 12.7. The van der Waals surface area contributed by atoms with Crippen molar-refractivity contribution >= 4 is 11.9 Å². The number of hydrogen-bond acceptors (Lipinski definition) is 3. The number of rotatable bonds is 9. The Morgan fingerprint density at radius 2 is 1.48 bits per heavy atom. The van der Waals surface area contributed by atoms with E-state index >= 15 is 0 Å². The van der Waals surface area contributed by atoms with Crippen LogP contribution >= 0.6 is 0 Å². The van der Waals surface area contributed by atoms with E-state index in [-0.39, 0.29) is 18.3 Å². The predicted octanol–water partition coefficient (Wildman–Crippen LogP) is 3.60. The number of hydrogen-bond donors (Lipinski definition) is 0. The van der Waals surface area contributed by atoms with E-state index in [2.05, 4.69) is 0 Å². The van der Waals surface area contributed by atoms with Gasteiger partial charge in [-0.25, -0.2) is 0 Å². The van der Waals surface area contributed by atoms with Gasteiger partial charge >= 0.3 is 5.97 Å². The Hall–Kier alpha value is -2.62. The molecule has 0 radical (unpaired) electrons. The first-order chi connectivity index (χ1) is 12.2. The van der Waals surface area contributed by atoms with Crippen molar-refractivity contribution in [3.05, 3.63) is 71.8 Å². The molecule has 0 bridgehead atoms. The highest BCUT2D eigenvalue weighted by atomic mass is 16.5. The number of carbonyl (C=O) groups excluding carboxylic acids is 2. The van der Waals surface area contributed by atoms with Gasteiger partial charge in [-0.15, -0.1) is 0 Å². The van der Waals surface area contributed by atoms with Crippen molar-refractivity contribution in [1.82, 2.24) is 4.90 Å². The Morgan fingerprint density at radius 1 is 0.880 bits per heavy atom. The van der Waals surface area contributed by atoms with E-state index in [1.54, 1.807) is 11.8 Å². The van der Waals surface area contributed by atoms with Crippen LogP contribution in [0.1, 0.15) is 30.9 Å². The fraction of sp³-hybridized carbons (Fsp3) is 0.333. The van der Waals surface area contributed by atoms with Gasteiger partial charge in [0.1, 0.15) is 0 Å². The van der Waals surface area contributed by atoms with Crippen LogP contribution in [0.5, 0.6) is 0 Å². The minimum atomic E-state index is -0.267. The van der Waals surface area contributed by atoms with Crippen molar-refractivity contribution < 1.29 is 14.3 Å². The summed E-state index contributed by atoms with van der Waals surface area (Å²) in [4.78, 5) is 26.1. The Kier molecular flexibility index (Phi) is 7.70. The molecule has 0 heterocycles. The number of amides is 1. The first kappa shape index (κ1) is 18.7. The van der Waals surface area contributed by atoms with Crippen LogP contribution in [-0.2, 0) is 27.3 Å².